The van der Waals surface area contributed by atoms with Gasteiger partial charge in [-0.05, 0) is 17.9 Å². The highest BCUT2D eigenvalue weighted by Gasteiger charge is 2.27. The Morgan fingerprint density at radius 2 is 1.62 bits per heavy atom. The van der Waals surface area contributed by atoms with Gasteiger partial charge in [0.05, 0.1) is 6.54 Å². The van der Waals surface area contributed by atoms with Gasteiger partial charge in [-0.1, -0.05) is 44.2 Å². The third-order valence-electron chi connectivity index (χ3n) is 4.03. The van der Waals surface area contributed by atoms with Gasteiger partial charge in [0.15, 0.2) is 7.98 Å². The minimum absolute atomic E-state index is 0.0487. The van der Waals surface area contributed by atoms with Gasteiger partial charge in [0.1, 0.15) is 18.6 Å². The first-order valence-electron chi connectivity index (χ1n) is 9.50. The lowest BCUT2D eigenvalue weighted by atomic mass is 10.0. The van der Waals surface area contributed by atoms with Crippen LogP contribution in [0.15, 0.2) is 30.3 Å². The molecule has 0 radical (unpaired) electrons. The van der Waals surface area contributed by atoms with Crippen LogP contribution in [0, 0.1) is 5.92 Å². The molecule has 0 saturated heterocycles. The van der Waals surface area contributed by atoms with Crippen molar-refractivity contribution in [2.24, 2.45) is 5.92 Å². The number of carboxylic acids is 1. The summed E-state index contributed by atoms with van der Waals surface area (Å²) in [5, 5.41) is 19.1. The van der Waals surface area contributed by atoms with Crippen LogP contribution in [0.25, 0.3) is 0 Å². The lowest BCUT2D eigenvalue weighted by Gasteiger charge is -2.24. The van der Waals surface area contributed by atoms with Crippen molar-refractivity contribution in [2.75, 3.05) is 13.1 Å². The summed E-state index contributed by atoms with van der Waals surface area (Å²) in [6.45, 7) is 3.29. The summed E-state index contributed by atoms with van der Waals surface area (Å²) in [5.41, 5.74) is 0.855. The Bertz CT molecular complexity index is 699. The summed E-state index contributed by atoms with van der Waals surface area (Å²) in [6.07, 6.45) is 0.590. The number of amides is 3. The zero-order valence-corrected chi connectivity index (χ0v) is 17.0. The van der Waals surface area contributed by atoms with E-state index >= 15 is 0 Å². The van der Waals surface area contributed by atoms with Gasteiger partial charge in [0, 0.05) is 6.42 Å². The second-order valence-electron chi connectivity index (χ2n) is 7.14. The normalized spacial score (nSPS) is 12.7. The number of hydrogen-bond acceptors (Lipinski definition) is 5. The van der Waals surface area contributed by atoms with Crippen molar-refractivity contribution in [3.63, 3.8) is 0 Å². The first-order chi connectivity index (χ1) is 13.7. The standard InChI is InChI=1S/C19H29BN4O5/c1-12(2)8-14(18(28)21-11-17(26)27)24-19(29)15(23-16(25)10-22-20)9-13-6-4-3-5-7-13/h3-7,12,14-15,22H,8-11,20H2,1-2H3,(H,21,28)(H,23,25)(H,24,29)(H,26,27). The Kier molecular flexibility index (Phi) is 10.5. The van der Waals surface area contributed by atoms with Crippen LogP contribution in [0.4, 0.5) is 0 Å². The number of benzene rings is 1. The molecule has 3 amide bonds. The van der Waals surface area contributed by atoms with Crippen molar-refractivity contribution in [2.45, 2.75) is 38.8 Å². The molecule has 1 aromatic rings. The SMILES string of the molecule is BNCC(=O)NC(Cc1ccccc1)C(=O)NC(CC(C)C)C(=O)NCC(=O)O. The van der Waals surface area contributed by atoms with Gasteiger partial charge in [-0.2, -0.15) is 0 Å². The van der Waals surface area contributed by atoms with Crippen LogP contribution >= 0.6 is 0 Å². The maximum Gasteiger partial charge on any atom is 0.322 e. The number of carbonyl (C=O) groups excluding carboxylic acids is 3. The van der Waals surface area contributed by atoms with E-state index in [-0.39, 0.29) is 24.8 Å². The number of aliphatic carboxylic acids is 1. The molecule has 0 aliphatic heterocycles. The van der Waals surface area contributed by atoms with E-state index in [9.17, 15) is 19.2 Å². The van der Waals surface area contributed by atoms with E-state index in [1.54, 1.807) is 7.98 Å². The number of carbonyl (C=O) groups is 4. The van der Waals surface area contributed by atoms with Gasteiger partial charge >= 0.3 is 5.97 Å². The van der Waals surface area contributed by atoms with E-state index in [1.807, 2.05) is 44.2 Å². The minimum atomic E-state index is -1.17. The van der Waals surface area contributed by atoms with Crippen LogP contribution in [0.2, 0.25) is 0 Å². The Labute approximate surface area is 171 Å². The summed E-state index contributed by atoms with van der Waals surface area (Å²) in [5.74, 6) is -2.51. The van der Waals surface area contributed by atoms with Crippen molar-refractivity contribution in [1.29, 1.82) is 0 Å². The Hall–Kier alpha value is -2.88. The quantitative estimate of drug-likeness (QED) is 0.272. The predicted octanol–water partition coefficient (Wildman–Crippen LogP) is -1.42. The molecule has 1 aromatic carbocycles. The maximum atomic E-state index is 12.9. The fourth-order valence-electron chi connectivity index (χ4n) is 2.73. The third-order valence-corrected chi connectivity index (χ3v) is 4.03. The number of rotatable bonds is 12. The van der Waals surface area contributed by atoms with Crippen LogP contribution in [0.1, 0.15) is 25.8 Å². The Morgan fingerprint density at radius 3 is 2.17 bits per heavy atom. The highest BCUT2D eigenvalue weighted by atomic mass is 16.4. The highest BCUT2D eigenvalue weighted by Crippen LogP contribution is 2.08. The van der Waals surface area contributed by atoms with E-state index in [0.717, 1.165) is 5.56 Å². The minimum Gasteiger partial charge on any atom is -0.480 e. The molecule has 0 spiro atoms. The molecule has 2 unspecified atom stereocenters. The molecular formula is C19H29BN4O5. The second kappa shape index (κ2) is 12.6. The summed E-state index contributed by atoms with van der Waals surface area (Å²) < 4.78 is 0. The van der Waals surface area contributed by atoms with Gasteiger partial charge in [0.2, 0.25) is 17.7 Å². The van der Waals surface area contributed by atoms with Crippen molar-refractivity contribution >= 4 is 31.7 Å². The zero-order chi connectivity index (χ0) is 21.8. The molecule has 0 aliphatic carbocycles. The lowest BCUT2D eigenvalue weighted by molar-refractivity contribution is -0.138. The Morgan fingerprint density at radius 1 is 0.966 bits per heavy atom. The van der Waals surface area contributed by atoms with Crippen LogP contribution in [0.3, 0.4) is 0 Å². The molecule has 0 bridgehead atoms. The van der Waals surface area contributed by atoms with E-state index in [0.29, 0.717) is 6.42 Å². The molecule has 2 atom stereocenters. The fourth-order valence-corrected chi connectivity index (χ4v) is 2.73. The molecule has 158 valence electrons. The topological polar surface area (TPSA) is 137 Å². The maximum absolute atomic E-state index is 12.9. The largest absolute Gasteiger partial charge is 0.480 e. The smallest absolute Gasteiger partial charge is 0.322 e. The van der Waals surface area contributed by atoms with Crippen molar-refractivity contribution in [1.82, 2.24) is 21.2 Å². The summed E-state index contributed by atoms with van der Waals surface area (Å²) >= 11 is 0. The first kappa shape index (κ1) is 24.2. The third kappa shape index (κ3) is 9.75. The van der Waals surface area contributed by atoms with Gasteiger partial charge < -0.3 is 26.3 Å². The van der Waals surface area contributed by atoms with Gasteiger partial charge in [-0.25, -0.2) is 0 Å². The number of hydrogen-bond donors (Lipinski definition) is 5. The van der Waals surface area contributed by atoms with Gasteiger partial charge in [0.25, 0.3) is 0 Å². The molecule has 0 aromatic heterocycles. The van der Waals surface area contributed by atoms with Crippen LogP contribution in [-0.2, 0) is 25.6 Å². The van der Waals surface area contributed by atoms with Crippen molar-refractivity contribution in [3.05, 3.63) is 35.9 Å². The highest BCUT2D eigenvalue weighted by molar-refractivity contribution is 6.06. The fraction of sp³-hybridized carbons (Fsp3) is 0.474. The number of nitrogens with one attached hydrogen (secondary N) is 4. The van der Waals surface area contributed by atoms with Crippen LogP contribution in [-0.4, -0.2) is 62.0 Å². The molecule has 1 rings (SSSR count). The van der Waals surface area contributed by atoms with E-state index in [4.69, 9.17) is 5.11 Å². The van der Waals surface area contributed by atoms with E-state index in [2.05, 4.69) is 21.2 Å². The molecule has 9 nitrogen and oxygen atoms in total. The molecule has 0 aliphatic rings. The van der Waals surface area contributed by atoms with Crippen molar-refractivity contribution < 1.29 is 24.3 Å². The Balaban J connectivity index is 2.92. The first-order valence-corrected chi connectivity index (χ1v) is 9.50. The average molecular weight is 404 g/mol. The molecule has 0 saturated carbocycles. The van der Waals surface area contributed by atoms with Crippen LogP contribution in [0.5, 0.6) is 0 Å². The molecule has 29 heavy (non-hydrogen) atoms. The van der Waals surface area contributed by atoms with Crippen molar-refractivity contribution in [3.8, 4) is 0 Å². The molecule has 0 fully saturated rings. The summed E-state index contributed by atoms with van der Waals surface area (Å²) in [7, 11) is 1.62. The number of carboxylic acid groups (broad SMARTS) is 1. The molecular weight excluding hydrogens is 375 g/mol. The predicted molar refractivity (Wildman–Crippen MR) is 111 cm³/mol. The molecule has 0 heterocycles. The summed E-state index contributed by atoms with van der Waals surface area (Å²) in [4.78, 5) is 48.0. The monoisotopic (exact) mass is 404 g/mol. The zero-order valence-electron chi connectivity index (χ0n) is 17.0. The molecule has 10 heteroatoms. The average Bonchev–Trinajstić information content (AvgIpc) is 2.65. The van der Waals surface area contributed by atoms with E-state index < -0.39 is 36.4 Å². The van der Waals surface area contributed by atoms with Crippen LogP contribution < -0.4 is 21.2 Å². The summed E-state index contributed by atoms with van der Waals surface area (Å²) in [6, 6.07) is 7.43. The lowest BCUT2D eigenvalue weighted by Crippen LogP contribution is -2.55. The van der Waals surface area contributed by atoms with Gasteiger partial charge in [-0.15, -0.1) is 0 Å². The molecule has 5 N–H and O–H groups in total. The van der Waals surface area contributed by atoms with E-state index in [1.165, 1.54) is 0 Å². The second-order valence-corrected chi connectivity index (χ2v) is 7.14. The van der Waals surface area contributed by atoms with Gasteiger partial charge in [-0.3, -0.25) is 19.2 Å².